The molecule has 156 valence electrons. The van der Waals surface area contributed by atoms with E-state index in [1.165, 1.54) is 24.1 Å². The van der Waals surface area contributed by atoms with Crippen molar-refractivity contribution in [2.24, 2.45) is 5.92 Å². The van der Waals surface area contributed by atoms with Crippen molar-refractivity contribution >= 4 is 29.4 Å². The summed E-state index contributed by atoms with van der Waals surface area (Å²) in [7, 11) is 1.41. The molecule has 0 radical (unpaired) electrons. The van der Waals surface area contributed by atoms with Crippen molar-refractivity contribution in [3.05, 3.63) is 22.7 Å². The summed E-state index contributed by atoms with van der Waals surface area (Å²) in [6.45, 7) is 5.88. The fourth-order valence-corrected chi connectivity index (χ4v) is 2.99. The number of nitrogens with two attached hydrogens (primary N) is 1. The van der Waals surface area contributed by atoms with Crippen LogP contribution in [0.15, 0.2) is 12.1 Å². The number of β-amino-alcohol motifs (C(OH)–C–C–N with tert-alkyl or cyclic N) is 1. The number of halogens is 1. The standard InChI is InChI=1S/C19H27ClN2O6/c1-19(2,3)28-18(25)22-6-5-11(15(23)9-22)10-27-17(24)12-7-13(20)14(21)8-16(12)26-4/h7-8,11,15,23H,5-6,9-10,21H2,1-4H3/t11-,15-/m1/s1. The lowest BCUT2D eigenvalue weighted by atomic mass is 9.95. The average Bonchev–Trinajstić information content (AvgIpc) is 2.60. The molecule has 0 unspecified atom stereocenters. The van der Waals surface area contributed by atoms with Crippen LogP contribution in [-0.2, 0) is 9.47 Å². The van der Waals surface area contributed by atoms with E-state index in [-0.39, 0.29) is 35.4 Å². The van der Waals surface area contributed by atoms with Crippen molar-refractivity contribution in [2.45, 2.75) is 38.9 Å². The third-order valence-electron chi connectivity index (χ3n) is 4.34. The van der Waals surface area contributed by atoms with Crippen LogP contribution in [0.4, 0.5) is 10.5 Å². The third-order valence-corrected chi connectivity index (χ3v) is 4.67. The van der Waals surface area contributed by atoms with Crippen LogP contribution in [-0.4, -0.2) is 60.6 Å². The summed E-state index contributed by atoms with van der Waals surface area (Å²) in [5.74, 6) is -0.661. The molecule has 8 nitrogen and oxygen atoms in total. The zero-order chi connectivity index (χ0) is 21.1. The number of nitrogens with zero attached hydrogens (tertiary/aromatic N) is 1. The molecule has 1 amide bonds. The van der Waals surface area contributed by atoms with Gasteiger partial charge in [0.2, 0.25) is 0 Å². The molecular formula is C19H27ClN2O6. The van der Waals surface area contributed by atoms with Crippen LogP contribution in [0.1, 0.15) is 37.6 Å². The van der Waals surface area contributed by atoms with E-state index in [1.54, 1.807) is 20.8 Å². The van der Waals surface area contributed by atoms with Gasteiger partial charge in [0.15, 0.2) is 0 Å². The molecule has 0 aromatic heterocycles. The summed E-state index contributed by atoms with van der Waals surface area (Å²) in [5.41, 5.74) is 5.55. The molecule has 9 heteroatoms. The Morgan fingerprint density at radius 1 is 1.36 bits per heavy atom. The Balaban J connectivity index is 1.93. The largest absolute Gasteiger partial charge is 0.496 e. The maximum absolute atomic E-state index is 12.4. The van der Waals surface area contributed by atoms with Crippen LogP contribution in [0.3, 0.4) is 0 Å². The molecule has 0 spiro atoms. The fraction of sp³-hybridized carbons (Fsp3) is 0.579. The third kappa shape index (κ3) is 5.65. The zero-order valence-electron chi connectivity index (χ0n) is 16.5. The van der Waals surface area contributed by atoms with Gasteiger partial charge >= 0.3 is 12.1 Å². The molecule has 2 atom stereocenters. The first kappa shape index (κ1) is 22.1. The van der Waals surface area contributed by atoms with Gasteiger partial charge in [0.25, 0.3) is 0 Å². The second kappa shape index (κ2) is 8.87. The maximum Gasteiger partial charge on any atom is 0.410 e. The molecular weight excluding hydrogens is 388 g/mol. The van der Waals surface area contributed by atoms with Crippen molar-refractivity contribution in [3.63, 3.8) is 0 Å². The molecule has 1 aliphatic heterocycles. The highest BCUT2D eigenvalue weighted by atomic mass is 35.5. The van der Waals surface area contributed by atoms with Crippen molar-refractivity contribution in [2.75, 3.05) is 32.5 Å². The second-order valence-electron chi connectivity index (χ2n) is 7.71. The number of hydrogen-bond donors (Lipinski definition) is 2. The number of benzene rings is 1. The maximum atomic E-state index is 12.4. The minimum Gasteiger partial charge on any atom is -0.496 e. The smallest absolute Gasteiger partial charge is 0.410 e. The van der Waals surface area contributed by atoms with E-state index < -0.39 is 23.8 Å². The molecule has 28 heavy (non-hydrogen) atoms. The molecule has 1 saturated heterocycles. The van der Waals surface area contributed by atoms with Gasteiger partial charge < -0.3 is 30.0 Å². The predicted octanol–water partition coefficient (Wildman–Crippen LogP) is 2.71. The molecule has 1 aromatic carbocycles. The van der Waals surface area contributed by atoms with Crippen molar-refractivity contribution in [3.8, 4) is 5.75 Å². The van der Waals surface area contributed by atoms with Crippen LogP contribution in [0.25, 0.3) is 0 Å². The lowest BCUT2D eigenvalue weighted by Crippen LogP contribution is -2.49. The zero-order valence-corrected chi connectivity index (χ0v) is 17.3. The monoisotopic (exact) mass is 414 g/mol. The van der Waals surface area contributed by atoms with E-state index in [4.69, 9.17) is 31.5 Å². The van der Waals surface area contributed by atoms with E-state index in [0.29, 0.717) is 18.7 Å². The van der Waals surface area contributed by atoms with Crippen LogP contribution >= 0.6 is 11.6 Å². The molecule has 3 N–H and O–H groups in total. The number of aliphatic hydroxyl groups is 1. The number of esters is 1. The van der Waals surface area contributed by atoms with E-state index in [9.17, 15) is 14.7 Å². The quantitative estimate of drug-likeness (QED) is 0.575. The van der Waals surface area contributed by atoms with Crippen LogP contribution in [0.5, 0.6) is 5.75 Å². The lowest BCUT2D eigenvalue weighted by Gasteiger charge is -2.36. The Hall–Kier alpha value is -2.19. The number of ether oxygens (including phenoxy) is 3. The molecule has 0 bridgehead atoms. The normalized spacial score (nSPS) is 19.9. The number of carbonyl (C=O) groups excluding carboxylic acids is 2. The van der Waals surface area contributed by atoms with Gasteiger partial charge in [-0.25, -0.2) is 9.59 Å². The highest BCUT2D eigenvalue weighted by Gasteiger charge is 2.33. The van der Waals surface area contributed by atoms with E-state index in [1.807, 2.05) is 0 Å². The second-order valence-corrected chi connectivity index (χ2v) is 8.12. The summed E-state index contributed by atoms with van der Waals surface area (Å²) in [6.07, 6.45) is -0.818. The Morgan fingerprint density at radius 3 is 2.61 bits per heavy atom. The van der Waals surface area contributed by atoms with Gasteiger partial charge in [-0.2, -0.15) is 0 Å². The van der Waals surface area contributed by atoms with Gasteiger partial charge in [0.05, 0.1) is 37.1 Å². The first-order valence-corrected chi connectivity index (χ1v) is 9.35. The summed E-state index contributed by atoms with van der Waals surface area (Å²) >= 11 is 5.97. The van der Waals surface area contributed by atoms with Crippen molar-refractivity contribution in [1.82, 2.24) is 4.90 Å². The van der Waals surface area contributed by atoms with Crippen LogP contribution < -0.4 is 10.5 Å². The van der Waals surface area contributed by atoms with Gasteiger partial charge in [-0.1, -0.05) is 11.6 Å². The summed E-state index contributed by atoms with van der Waals surface area (Å²) < 4.78 is 15.8. The average molecular weight is 415 g/mol. The van der Waals surface area contributed by atoms with E-state index in [0.717, 1.165) is 0 Å². The molecule has 1 aromatic rings. The van der Waals surface area contributed by atoms with Gasteiger partial charge in [-0.15, -0.1) is 0 Å². The number of nitrogen functional groups attached to an aromatic ring is 1. The van der Waals surface area contributed by atoms with Crippen molar-refractivity contribution < 1.29 is 28.9 Å². The summed E-state index contributed by atoms with van der Waals surface area (Å²) in [5, 5.41) is 10.6. The number of piperidine rings is 1. The van der Waals surface area contributed by atoms with Crippen molar-refractivity contribution in [1.29, 1.82) is 0 Å². The highest BCUT2D eigenvalue weighted by Crippen LogP contribution is 2.30. The first-order valence-electron chi connectivity index (χ1n) is 8.98. The Bertz CT molecular complexity index is 734. The number of carbonyl (C=O) groups is 2. The first-order chi connectivity index (χ1) is 13.0. The molecule has 2 rings (SSSR count). The summed E-state index contributed by atoms with van der Waals surface area (Å²) in [6, 6.07) is 2.84. The lowest BCUT2D eigenvalue weighted by molar-refractivity contribution is -0.0292. The Labute approximate surface area is 169 Å². The number of rotatable bonds is 4. The Morgan fingerprint density at radius 2 is 2.04 bits per heavy atom. The van der Waals surface area contributed by atoms with E-state index >= 15 is 0 Å². The van der Waals surface area contributed by atoms with Gasteiger partial charge in [0, 0.05) is 18.5 Å². The Kier molecular flexibility index (Phi) is 7.01. The minimum absolute atomic E-state index is 0.00725. The summed E-state index contributed by atoms with van der Waals surface area (Å²) in [4.78, 5) is 26.0. The van der Waals surface area contributed by atoms with Gasteiger partial charge in [-0.3, -0.25) is 0 Å². The number of hydrogen-bond acceptors (Lipinski definition) is 7. The number of likely N-dealkylation sites (tertiary alicyclic amines) is 1. The van der Waals surface area contributed by atoms with Gasteiger partial charge in [0.1, 0.15) is 16.9 Å². The minimum atomic E-state index is -0.828. The molecule has 1 heterocycles. The number of aliphatic hydroxyl groups excluding tert-OH is 1. The van der Waals surface area contributed by atoms with E-state index in [2.05, 4.69) is 0 Å². The molecule has 0 aliphatic carbocycles. The molecule has 1 aliphatic rings. The highest BCUT2D eigenvalue weighted by molar-refractivity contribution is 6.33. The van der Waals surface area contributed by atoms with Crippen LogP contribution in [0.2, 0.25) is 5.02 Å². The number of anilines is 1. The topological polar surface area (TPSA) is 111 Å². The number of amides is 1. The molecule has 0 saturated carbocycles. The molecule has 1 fully saturated rings. The predicted molar refractivity (Wildman–Crippen MR) is 105 cm³/mol. The van der Waals surface area contributed by atoms with Crippen LogP contribution in [0, 0.1) is 5.92 Å². The SMILES string of the molecule is COc1cc(N)c(Cl)cc1C(=O)OC[C@H]1CCN(C(=O)OC(C)(C)C)C[C@H]1O. The fourth-order valence-electron chi connectivity index (χ4n) is 2.82. The number of methoxy groups -OCH3 is 1. The van der Waals surface area contributed by atoms with Gasteiger partial charge in [-0.05, 0) is 33.3 Å².